The van der Waals surface area contributed by atoms with Crippen molar-refractivity contribution in [3.05, 3.63) is 33.8 Å². The second-order valence-corrected chi connectivity index (χ2v) is 6.36. The van der Waals surface area contributed by atoms with Crippen LogP contribution in [0.2, 0.25) is 10.0 Å². The molecule has 0 spiro atoms. The van der Waals surface area contributed by atoms with E-state index in [2.05, 4.69) is 10.6 Å². The number of carbonyl (C=O) groups is 3. The van der Waals surface area contributed by atoms with Crippen molar-refractivity contribution in [3.8, 4) is 0 Å². The number of hydrogen-bond acceptors (Lipinski definition) is 3. The molecule has 0 aliphatic carbocycles. The topological polar surface area (TPSA) is 78.5 Å². The minimum Gasteiger partial charge on any atom is -0.350 e. The van der Waals surface area contributed by atoms with E-state index in [-0.39, 0.29) is 13.1 Å². The molecule has 1 atom stereocenters. The normalized spacial score (nSPS) is 20.6. The van der Waals surface area contributed by atoms with Crippen LogP contribution in [0.15, 0.2) is 18.2 Å². The van der Waals surface area contributed by atoms with Gasteiger partial charge < -0.3 is 10.6 Å². The van der Waals surface area contributed by atoms with Gasteiger partial charge in [-0.1, -0.05) is 36.2 Å². The SMILES string of the molecule is CC[C@]1(C)NC(=O)N(CC(=O)NCc2ccc(Cl)cc2Cl)C1=O. The molecule has 1 aromatic carbocycles. The summed E-state index contributed by atoms with van der Waals surface area (Å²) in [6.07, 6.45) is 0.454. The van der Waals surface area contributed by atoms with Crippen molar-refractivity contribution in [2.75, 3.05) is 6.54 Å². The Labute approximate surface area is 144 Å². The van der Waals surface area contributed by atoms with Crippen molar-refractivity contribution in [1.29, 1.82) is 0 Å². The van der Waals surface area contributed by atoms with Crippen LogP contribution < -0.4 is 10.6 Å². The Hall–Kier alpha value is -1.79. The third-order valence-corrected chi connectivity index (χ3v) is 4.43. The molecule has 23 heavy (non-hydrogen) atoms. The summed E-state index contributed by atoms with van der Waals surface area (Å²) < 4.78 is 0. The Morgan fingerprint density at radius 1 is 1.35 bits per heavy atom. The third kappa shape index (κ3) is 3.76. The van der Waals surface area contributed by atoms with E-state index in [0.717, 1.165) is 4.90 Å². The van der Waals surface area contributed by atoms with Crippen LogP contribution in [-0.2, 0) is 16.1 Å². The van der Waals surface area contributed by atoms with E-state index in [1.165, 1.54) is 0 Å². The number of imide groups is 1. The summed E-state index contributed by atoms with van der Waals surface area (Å²) in [6, 6.07) is 4.39. The largest absolute Gasteiger partial charge is 0.350 e. The van der Waals surface area contributed by atoms with Crippen LogP contribution in [0, 0.1) is 0 Å². The van der Waals surface area contributed by atoms with Gasteiger partial charge in [0.2, 0.25) is 5.91 Å². The summed E-state index contributed by atoms with van der Waals surface area (Å²) >= 11 is 11.8. The minimum absolute atomic E-state index is 0.184. The zero-order valence-electron chi connectivity index (χ0n) is 12.8. The van der Waals surface area contributed by atoms with Crippen molar-refractivity contribution in [2.24, 2.45) is 0 Å². The first kappa shape index (κ1) is 17.6. The van der Waals surface area contributed by atoms with Gasteiger partial charge in [-0.3, -0.25) is 14.5 Å². The van der Waals surface area contributed by atoms with E-state index in [9.17, 15) is 14.4 Å². The first-order valence-corrected chi connectivity index (χ1v) is 7.87. The number of nitrogens with one attached hydrogen (secondary N) is 2. The fourth-order valence-corrected chi connectivity index (χ4v) is 2.66. The van der Waals surface area contributed by atoms with E-state index in [1.54, 1.807) is 32.0 Å². The highest BCUT2D eigenvalue weighted by Gasteiger charge is 2.46. The number of benzene rings is 1. The van der Waals surface area contributed by atoms with Crippen LogP contribution in [0.1, 0.15) is 25.8 Å². The highest BCUT2D eigenvalue weighted by molar-refractivity contribution is 6.35. The molecule has 124 valence electrons. The molecule has 1 aliphatic heterocycles. The lowest BCUT2D eigenvalue weighted by atomic mass is 9.99. The lowest BCUT2D eigenvalue weighted by Gasteiger charge is -2.19. The molecule has 1 aromatic rings. The predicted molar refractivity (Wildman–Crippen MR) is 87.2 cm³/mol. The smallest absolute Gasteiger partial charge is 0.325 e. The summed E-state index contributed by atoms with van der Waals surface area (Å²) in [5, 5.41) is 6.17. The molecule has 0 aromatic heterocycles. The van der Waals surface area contributed by atoms with Crippen LogP contribution in [0.5, 0.6) is 0 Å². The Kier molecular flexibility index (Phi) is 5.16. The van der Waals surface area contributed by atoms with Gasteiger partial charge in [-0.25, -0.2) is 4.79 Å². The van der Waals surface area contributed by atoms with Crippen molar-refractivity contribution < 1.29 is 14.4 Å². The molecule has 1 aliphatic rings. The van der Waals surface area contributed by atoms with Gasteiger partial charge in [0.15, 0.2) is 0 Å². The van der Waals surface area contributed by atoms with Gasteiger partial charge in [0.05, 0.1) is 0 Å². The molecule has 1 heterocycles. The molecule has 8 heteroatoms. The van der Waals surface area contributed by atoms with E-state index in [1.807, 2.05) is 0 Å². The lowest BCUT2D eigenvalue weighted by Crippen LogP contribution is -2.44. The monoisotopic (exact) mass is 357 g/mol. The summed E-state index contributed by atoms with van der Waals surface area (Å²) in [7, 11) is 0. The highest BCUT2D eigenvalue weighted by Crippen LogP contribution is 2.21. The second kappa shape index (κ2) is 6.76. The van der Waals surface area contributed by atoms with Crippen molar-refractivity contribution in [3.63, 3.8) is 0 Å². The predicted octanol–water partition coefficient (Wildman–Crippen LogP) is 2.33. The maximum Gasteiger partial charge on any atom is 0.325 e. The Morgan fingerprint density at radius 2 is 2.04 bits per heavy atom. The average molecular weight is 358 g/mol. The Balaban J connectivity index is 1.95. The lowest BCUT2D eigenvalue weighted by molar-refractivity contribution is -0.134. The molecular weight excluding hydrogens is 341 g/mol. The van der Waals surface area contributed by atoms with Gasteiger partial charge in [0, 0.05) is 16.6 Å². The fourth-order valence-electron chi connectivity index (χ4n) is 2.19. The van der Waals surface area contributed by atoms with Crippen LogP contribution in [0.3, 0.4) is 0 Å². The number of rotatable bonds is 5. The molecule has 2 rings (SSSR count). The fraction of sp³-hybridized carbons (Fsp3) is 0.400. The number of hydrogen-bond donors (Lipinski definition) is 2. The first-order valence-electron chi connectivity index (χ1n) is 7.11. The molecule has 0 saturated carbocycles. The molecule has 2 N–H and O–H groups in total. The van der Waals surface area contributed by atoms with Crippen molar-refractivity contribution in [2.45, 2.75) is 32.4 Å². The Morgan fingerprint density at radius 3 is 2.61 bits per heavy atom. The molecule has 0 radical (unpaired) electrons. The number of nitrogens with zero attached hydrogens (tertiary/aromatic N) is 1. The molecule has 0 unspecified atom stereocenters. The maximum atomic E-state index is 12.2. The Bertz CT molecular complexity index is 665. The number of urea groups is 1. The van der Waals surface area contributed by atoms with E-state index >= 15 is 0 Å². The van der Waals surface area contributed by atoms with Gasteiger partial charge in [-0.05, 0) is 31.0 Å². The van der Waals surface area contributed by atoms with Crippen LogP contribution in [-0.4, -0.2) is 34.8 Å². The van der Waals surface area contributed by atoms with Gasteiger partial charge in [-0.2, -0.15) is 0 Å². The van der Waals surface area contributed by atoms with Gasteiger partial charge >= 0.3 is 6.03 Å². The van der Waals surface area contributed by atoms with Gasteiger partial charge in [0.1, 0.15) is 12.1 Å². The number of carbonyl (C=O) groups excluding carboxylic acids is 3. The van der Waals surface area contributed by atoms with E-state index in [4.69, 9.17) is 23.2 Å². The van der Waals surface area contributed by atoms with Crippen molar-refractivity contribution >= 4 is 41.0 Å². The zero-order chi connectivity index (χ0) is 17.2. The molecule has 4 amide bonds. The first-order chi connectivity index (χ1) is 10.8. The molecule has 0 bridgehead atoms. The third-order valence-electron chi connectivity index (χ3n) is 3.85. The summed E-state index contributed by atoms with van der Waals surface area (Å²) in [4.78, 5) is 36.9. The minimum atomic E-state index is -0.948. The van der Waals surface area contributed by atoms with Gasteiger partial charge in [0.25, 0.3) is 5.91 Å². The zero-order valence-corrected chi connectivity index (χ0v) is 14.3. The average Bonchev–Trinajstić information content (AvgIpc) is 2.70. The van der Waals surface area contributed by atoms with E-state index < -0.39 is 23.4 Å². The molecule has 1 fully saturated rings. The summed E-state index contributed by atoms with van der Waals surface area (Å²) in [5.41, 5.74) is -0.253. The van der Waals surface area contributed by atoms with Crippen LogP contribution in [0.4, 0.5) is 4.79 Å². The van der Waals surface area contributed by atoms with Crippen LogP contribution >= 0.6 is 23.2 Å². The van der Waals surface area contributed by atoms with Crippen molar-refractivity contribution in [1.82, 2.24) is 15.5 Å². The molecular formula is C15H17Cl2N3O3. The summed E-state index contributed by atoms with van der Waals surface area (Å²) in [6.45, 7) is 3.29. The van der Waals surface area contributed by atoms with Crippen LogP contribution in [0.25, 0.3) is 0 Å². The number of amides is 4. The standard InChI is InChI=1S/C15H17Cl2N3O3/c1-3-15(2)13(22)20(14(23)19-15)8-12(21)18-7-9-4-5-10(16)6-11(9)17/h4-6H,3,7-8H2,1-2H3,(H,18,21)(H,19,23)/t15-/m0/s1. The highest BCUT2D eigenvalue weighted by atomic mass is 35.5. The van der Waals surface area contributed by atoms with Gasteiger partial charge in [-0.15, -0.1) is 0 Å². The maximum absolute atomic E-state index is 12.2. The van der Waals surface area contributed by atoms with E-state index in [0.29, 0.717) is 22.0 Å². The summed E-state index contributed by atoms with van der Waals surface area (Å²) in [5.74, 6) is -0.843. The quantitative estimate of drug-likeness (QED) is 0.793. The number of halogens is 2. The molecule has 1 saturated heterocycles. The second-order valence-electron chi connectivity index (χ2n) is 5.52. The molecule has 6 nitrogen and oxygen atoms in total.